The number of carbonyl (C=O) groups excluding carboxylic acids is 3. The molecule has 1 heterocycles. The predicted octanol–water partition coefficient (Wildman–Crippen LogP) is 3.05. The number of esters is 1. The van der Waals surface area contributed by atoms with Gasteiger partial charge in [0.2, 0.25) is 5.91 Å². The molecule has 0 aliphatic rings. The van der Waals surface area contributed by atoms with Gasteiger partial charge in [-0.05, 0) is 33.3 Å². The van der Waals surface area contributed by atoms with E-state index in [2.05, 4.69) is 11.6 Å². The number of ether oxygens (including phenoxy) is 1. The monoisotopic (exact) mass is 348 g/mol. The van der Waals surface area contributed by atoms with Crippen LogP contribution in [0.1, 0.15) is 59.8 Å². The lowest BCUT2D eigenvalue weighted by atomic mass is 9.99. The van der Waals surface area contributed by atoms with Crippen LogP contribution in [-0.2, 0) is 9.53 Å². The molecule has 1 aromatic rings. The molecule has 25 heavy (non-hydrogen) atoms. The summed E-state index contributed by atoms with van der Waals surface area (Å²) in [4.78, 5) is 41.9. The van der Waals surface area contributed by atoms with Crippen molar-refractivity contribution in [2.45, 2.75) is 47.6 Å². The maximum atomic E-state index is 13.0. The third-order valence-electron chi connectivity index (χ3n) is 4.11. The minimum absolute atomic E-state index is 0.114. The first-order chi connectivity index (χ1) is 11.7. The first-order valence-corrected chi connectivity index (χ1v) is 8.49. The van der Waals surface area contributed by atoms with Crippen molar-refractivity contribution in [3.63, 3.8) is 0 Å². The van der Waals surface area contributed by atoms with E-state index in [1.54, 1.807) is 47.6 Å². The molecule has 0 aliphatic heterocycles. The lowest BCUT2D eigenvalue weighted by Crippen LogP contribution is -2.45. The number of rotatable bonds is 8. The topological polar surface area (TPSA) is 79.5 Å². The Morgan fingerprint density at radius 1 is 1.24 bits per heavy atom. The van der Waals surface area contributed by atoms with Crippen LogP contribution in [-0.4, -0.2) is 46.7 Å². The molecule has 0 saturated carbocycles. The molecule has 0 aromatic carbocycles. The molecular weight excluding hydrogens is 320 g/mol. The van der Waals surface area contributed by atoms with E-state index < -0.39 is 12.0 Å². The lowest BCUT2D eigenvalue weighted by Gasteiger charge is -2.29. The van der Waals surface area contributed by atoms with Crippen LogP contribution in [0.4, 0.5) is 0 Å². The van der Waals surface area contributed by atoms with Crippen LogP contribution in [0.2, 0.25) is 0 Å². The van der Waals surface area contributed by atoms with Crippen molar-refractivity contribution in [2.24, 2.45) is 5.92 Å². The normalized spacial score (nSPS) is 12.0. The number of amides is 1. The van der Waals surface area contributed by atoms with Crippen molar-refractivity contribution in [1.29, 1.82) is 0 Å². The van der Waals surface area contributed by atoms with Crippen LogP contribution in [0.25, 0.3) is 0 Å². The molecule has 1 amide bonds. The summed E-state index contributed by atoms with van der Waals surface area (Å²) in [6.07, 6.45) is 1.60. The molecule has 6 heteroatoms. The van der Waals surface area contributed by atoms with E-state index in [0.717, 1.165) is 0 Å². The van der Waals surface area contributed by atoms with Crippen LogP contribution in [0, 0.1) is 19.8 Å². The third-order valence-corrected chi connectivity index (χ3v) is 4.11. The van der Waals surface area contributed by atoms with Crippen molar-refractivity contribution < 1.29 is 19.1 Å². The number of aryl methyl sites for hydroxylation is 1. The van der Waals surface area contributed by atoms with Crippen molar-refractivity contribution >= 4 is 17.7 Å². The lowest BCUT2D eigenvalue weighted by molar-refractivity contribution is -0.135. The highest BCUT2D eigenvalue weighted by molar-refractivity contribution is 6.06. The summed E-state index contributed by atoms with van der Waals surface area (Å²) in [5.41, 5.74) is 1.85. The Labute approximate surface area is 149 Å². The minimum Gasteiger partial charge on any atom is -0.461 e. The highest BCUT2D eigenvalue weighted by atomic mass is 16.5. The molecule has 0 unspecified atom stereocenters. The largest absolute Gasteiger partial charge is 0.461 e. The highest BCUT2D eigenvalue weighted by Gasteiger charge is 2.31. The van der Waals surface area contributed by atoms with Gasteiger partial charge in [-0.3, -0.25) is 9.59 Å². The van der Waals surface area contributed by atoms with Crippen molar-refractivity contribution in [2.75, 3.05) is 13.2 Å². The molecule has 0 saturated heterocycles. The Morgan fingerprint density at radius 2 is 1.84 bits per heavy atom. The molecule has 1 rings (SSSR count). The van der Waals surface area contributed by atoms with E-state index in [1.165, 1.54) is 4.90 Å². The number of nitrogens with one attached hydrogen (secondary N) is 1. The average molecular weight is 348 g/mol. The molecule has 0 fully saturated rings. The maximum Gasteiger partial charge on any atom is 0.355 e. The van der Waals surface area contributed by atoms with E-state index in [0.29, 0.717) is 16.8 Å². The van der Waals surface area contributed by atoms with E-state index in [1.807, 2.05) is 0 Å². The smallest absolute Gasteiger partial charge is 0.355 e. The Hall–Kier alpha value is -2.37. The minimum atomic E-state index is -0.656. The second kappa shape index (κ2) is 8.65. The summed E-state index contributed by atoms with van der Waals surface area (Å²) < 4.78 is 5.01. The average Bonchev–Trinajstić information content (AvgIpc) is 2.85. The second-order valence-electron chi connectivity index (χ2n) is 6.32. The van der Waals surface area contributed by atoms with Gasteiger partial charge >= 0.3 is 5.97 Å². The zero-order valence-corrected chi connectivity index (χ0v) is 15.9. The fraction of sp³-hybridized carbons (Fsp3) is 0.526. The van der Waals surface area contributed by atoms with Gasteiger partial charge in [0.05, 0.1) is 12.6 Å². The van der Waals surface area contributed by atoms with Gasteiger partial charge in [-0.1, -0.05) is 19.9 Å². The van der Waals surface area contributed by atoms with Gasteiger partial charge in [-0.15, -0.1) is 6.58 Å². The zero-order valence-electron chi connectivity index (χ0n) is 15.9. The van der Waals surface area contributed by atoms with Crippen LogP contribution in [0.3, 0.4) is 0 Å². The van der Waals surface area contributed by atoms with Crippen LogP contribution in [0.15, 0.2) is 12.7 Å². The molecule has 138 valence electrons. The van der Waals surface area contributed by atoms with Gasteiger partial charge in [-0.2, -0.15) is 0 Å². The Balaban J connectivity index is 3.23. The molecular formula is C19H28N2O4. The van der Waals surface area contributed by atoms with E-state index in [-0.39, 0.29) is 36.5 Å². The number of Topliss-reactive ketones (excluding diaryl/α,β-unsaturated/α-hetero) is 1. The second-order valence-corrected chi connectivity index (χ2v) is 6.32. The summed E-state index contributed by atoms with van der Waals surface area (Å²) in [5, 5.41) is 0. The third kappa shape index (κ3) is 4.38. The Bertz CT molecular complexity index is 673. The summed E-state index contributed by atoms with van der Waals surface area (Å²) >= 11 is 0. The predicted molar refractivity (Wildman–Crippen MR) is 96.8 cm³/mol. The van der Waals surface area contributed by atoms with Gasteiger partial charge in [0.25, 0.3) is 0 Å². The van der Waals surface area contributed by atoms with Gasteiger partial charge < -0.3 is 14.6 Å². The SMILES string of the molecule is C=CCN(C(=O)C(C)C)[C@@H](C)C(=O)c1c(C)[nH]c(C(=O)OCC)c1C. The first kappa shape index (κ1) is 20.7. The molecule has 1 aromatic heterocycles. The summed E-state index contributed by atoms with van der Waals surface area (Å²) in [6.45, 7) is 14.7. The van der Waals surface area contributed by atoms with Gasteiger partial charge in [0.1, 0.15) is 5.69 Å². The van der Waals surface area contributed by atoms with Crippen molar-refractivity contribution in [3.8, 4) is 0 Å². The van der Waals surface area contributed by atoms with Gasteiger partial charge in [-0.25, -0.2) is 4.79 Å². The van der Waals surface area contributed by atoms with Gasteiger partial charge in [0, 0.05) is 23.7 Å². The van der Waals surface area contributed by atoms with E-state index >= 15 is 0 Å². The molecule has 1 N–H and O–H groups in total. The summed E-state index contributed by atoms with van der Waals surface area (Å²) in [7, 11) is 0. The highest BCUT2D eigenvalue weighted by Crippen LogP contribution is 2.22. The zero-order chi connectivity index (χ0) is 19.3. The number of aromatic nitrogens is 1. The molecule has 0 aliphatic carbocycles. The van der Waals surface area contributed by atoms with Crippen molar-refractivity contribution in [3.05, 3.63) is 35.2 Å². The molecule has 0 spiro atoms. The fourth-order valence-corrected chi connectivity index (χ4v) is 2.79. The Kier molecular flexibility index (Phi) is 7.15. The fourth-order valence-electron chi connectivity index (χ4n) is 2.79. The Morgan fingerprint density at radius 3 is 2.32 bits per heavy atom. The number of ketones is 1. The van der Waals surface area contributed by atoms with E-state index in [9.17, 15) is 14.4 Å². The van der Waals surface area contributed by atoms with Crippen molar-refractivity contribution in [1.82, 2.24) is 9.88 Å². The standard InChI is InChI=1S/C19H28N2O4/c1-8-10-21(18(23)11(3)4)14(7)17(22)15-12(5)16(20-13(15)6)19(24)25-9-2/h8,11,14,20H,1,9-10H2,2-7H3/t14-/m0/s1. The van der Waals surface area contributed by atoms with Crippen LogP contribution >= 0.6 is 0 Å². The summed E-state index contributed by atoms with van der Waals surface area (Å²) in [5.74, 6) is -1.04. The number of carbonyl (C=O) groups is 3. The number of hydrogen-bond acceptors (Lipinski definition) is 4. The molecule has 0 radical (unpaired) electrons. The maximum absolute atomic E-state index is 13.0. The summed E-state index contributed by atoms with van der Waals surface area (Å²) in [6, 6.07) is -0.656. The number of aromatic amines is 1. The van der Waals surface area contributed by atoms with Crippen LogP contribution in [0.5, 0.6) is 0 Å². The quantitative estimate of drug-likeness (QED) is 0.445. The van der Waals surface area contributed by atoms with Gasteiger partial charge in [0.15, 0.2) is 5.78 Å². The van der Waals surface area contributed by atoms with Crippen LogP contribution < -0.4 is 0 Å². The number of H-pyrrole nitrogens is 1. The molecule has 0 bridgehead atoms. The number of hydrogen-bond donors (Lipinski definition) is 1. The number of nitrogens with zero attached hydrogens (tertiary/aromatic N) is 1. The molecule has 6 nitrogen and oxygen atoms in total. The first-order valence-electron chi connectivity index (χ1n) is 8.49. The molecule has 1 atom stereocenters. The van der Waals surface area contributed by atoms with E-state index in [4.69, 9.17) is 4.74 Å².